The Morgan fingerprint density at radius 1 is 1.38 bits per heavy atom. The van der Waals surface area contributed by atoms with Gasteiger partial charge in [-0.2, -0.15) is 0 Å². The Morgan fingerprint density at radius 3 is 2.44 bits per heavy atom. The molecule has 0 bridgehead atoms. The molecule has 0 heterocycles. The fourth-order valence-electron chi connectivity index (χ4n) is 1.62. The van der Waals surface area contributed by atoms with E-state index >= 15 is 0 Å². The minimum Gasteiger partial charge on any atom is -0.389 e. The molecule has 0 aliphatic carbocycles. The van der Waals surface area contributed by atoms with Crippen LogP contribution in [-0.4, -0.2) is 16.3 Å². The van der Waals surface area contributed by atoms with Crippen LogP contribution < -0.4 is 0 Å². The lowest BCUT2D eigenvalue weighted by Crippen LogP contribution is -2.26. The number of aliphatic hydroxyl groups excluding tert-OH is 1. The second-order valence-corrected chi connectivity index (χ2v) is 4.08. The van der Waals surface area contributed by atoms with Crippen LogP contribution in [0.15, 0.2) is 36.4 Å². The Balaban J connectivity index is 2.80. The van der Waals surface area contributed by atoms with Crippen molar-refractivity contribution in [1.82, 2.24) is 0 Å². The fraction of sp³-hybridized carbons (Fsp3) is 0.385. The van der Waals surface area contributed by atoms with Crippen molar-refractivity contribution in [3.8, 4) is 0 Å². The number of hydrogen-bond donors (Lipinski definition) is 2. The predicted molar refractivity (Wildman–Crippen MR) is 61.4 cm³/mol. The van der Waals surface area contributed by atoms with Crippen LogP contribution in [0.5, 0.6) is 0 Å². The van der Waals surface area contributed by atoms with E-state index in [1.165, 1.54) is 24.3 Å². The molecule has 0 aromatic heterocycles. The van der Waals surface area contributed by atoms with E-state index in [4.69, 9.17) is 0 Å². The maximum Gasteiger partial charge on any atom is 0.123 e. The monoisotopic (exact) mass is 224 g/mol. The summed E-state index contributed by atoms with van der Waals surface area (Å²) in [7, 11) is 0. The molecule has 0 radical (unpaired) electrons. The van der Waals surface area contributed by atoms with Crippen LogP contribution in [0, 0.1) is 5.82 Å². The van der Waals surface area contributed by atoms with Gasteiger partial charge in [0.25, 0.3) is 0 Å². The van der Waals surface area contributed by atoms with E-state index in [1.54, 1.807) is 26.0 Å². The fourth-order valence-corrected chi connectivity index (χ4v) is 1.62. The molecule has 1 aromatic carbocycles. The van der Waals surface area contributed by atoms with E-state index in [0.717, 1.165) is 0 Å². The van der Waals surface area contributed by atoms with Gasteiger partial charge in [0, 0.05) is 6.42 Å². The molecular weight excluding hydrogens is 207 g/mol. The average Bonchev–Trinajstić information content (AvgIpc) is 2.17. The van der Waals surface area contributed by atoms with Crippen molar-refractivity contribution < 1.29 is 14.6 Å². The molecule has 88 valence electrons. The van der Waals surface area contributed by atoms with Crippen LogP contribution in [0.1, 0.15) is 25.8 Å². The second-order valence-electron chi connectivity index (χ2n) is 4.08. The molecular formula is C13H17FO2. The first-order valence-corrected chi connectivity index (χ1v) is 5.25. The summed E-state index contributed by atoms with van der Waals surface area (Å²) in [6.07, 6.45) is 2.82. The largest absolute Gasteiger partial charge is 0.389 e. The third kappa shape index (κ3) is 3.43. The summed E-state index contributed by atoms with van der Waals surface area (Å²) in [4.78, 5) is 0. The topological polar surface area (TPSA) is 40.5 Å². The van der Waals surface area contributed by atoms with Crippen LogP contribution >= 0.6 is 0 Å². The normalized spacial score (nSPS) is 17.3. The molecule has 1 rings (SSSR count). The molecule has 0 saturated carbocycles. The van der Waals surface area contributed by atoms with Crippen LogP contribution in [0.3, 0.4) is 0 Å². The third-order valence-electron chi connectivity index (χ3n) is 2.49. The van der Waals surface area contributed by atoms with Gasteiger partial charge in [0.1, 0.15) is 5.82 Å². The molecule has 0 aliphatic rings. The first kappa shape index (κ1) is 12.9. The molecule has 16 heavy (non-hydrogen) atoms. The molecule has 0 amide bonds. The van der Waals surface area contributed by atoms with Crippen LogP contribution in [0.25, 0.3) is 0 Å². The summed E-state index contributed by atoms with van der Waals surface area (Å²) < 4.78 is 12.7. The minimum atomic E-state index is -1.16. The van der Waals surface area contributed by atoms with Crippen molar-refractivity contribution in [2.75, 3.05) is 0 Å². The van der Waals surface area contributed by atoms with E-state index < -0.39 is 11.7 Å². The standard InChI is InChI=1S/C13H17FO2/c1-3-4-12(15)9-13(2,16)10-5-7-11(14)8-6-10/h3-8,12,15-16H,9H2,1-2H3/b4-3+/t12-,13-/m0/s1. The number of rotatable bonds is 4. The Morgan fingerprint density at radius 2 is 1.94 bits per heavy atom. The first-order chi connectivity index (χ1) is 7.45. The van der Waals surface area contributed by atoms with Gasteiger partial charge >= 0.3 is 0 Å². The molecule has 0 unspecified atom stereocenters. The van der Waals surface area contributed by atoms with Gasteiger partial charge < -0.3 is 10.2 Å². The molecule has 0 aliphatic heterocycles. The summed E-state index contributed by atoms with van der Waals surface area (Å²) in [5.74, 6) is -0.339. The van der Waals surface area contributed by atoms with Crippen molar-refractivity contribution in [3.05, 3.63) is 47.8 Å². The van der Waals surface area contributed by atoms with Gasteiger partial charge in [-0.05, 0) is 31.5 Å². The average molecular weight is 224 g/mol. The highest BCUT2D eigenvalue weighted by Crippen LogP contribution is 2.26. The Labute approximate surface area is 95.1 Å². The van der Waals surface area contributed by atoms with Crippen molar-refractivity contribution >= 4 is 0 Å². The third-order valence-corrected chi connectivity index (χ3v) is 2.49. The second kappa shape index (κ2) is 5.23. The summed E-state index contributed by atoms with van der Waals surface area (Å²) in [6.45, 7) is 3.41. The van der Waals surface area contributed by atoms with Gasteiger partial charge in [-0.3, -0.25) is 0 Å². The first-order valence-electron chi connectivity index (χ1n) is 5.25. The SMILES string of the molecule is C/C=C/[C@H](O)C[C@](C)(O)c1ccc(F)cc1. The quantitative estimate of drug-likeness (QED) is 0.771. The predicted octanol–water partition coefficient (Wildman–Crippen LogP) is 2.36. The molecule has 2 nitrogen and oxygen atoms in total. The van der Waals surface area contributed by atoms with E-state index in [0.29, 0.717) is 5.56 Å². The Kier molecular flexibility index (Phi) is 4.21. The van der Waals surface area contributed by atoms with E-state index in [2.05, 4.69) is 0 Å². The van der Waals surface area contributed by atoms with E-state index in [-0.39, 0.29) is 12.2 Å². The van der Waals surface area contributed by atoms with Crippen LogP contribution in [-0.2, 0) is 5.60 Å². The minimum absolute atomic E-state index is 0.184. The maximum atomic E-state index is 12.7. The highest BCUT2D eigenvalue weighted by Gasteiger charge is 2.25. The highest BCUT2D eigenvalue weighted by molar-refractivity contribution is 5.22. The molecule has 1 aromatic rings. The zero-order valence-corrected chi connectivity index (χ0v) is 9.52. The van der Waals surface area contributed by atoms with E-state index in [1.807, 2.05) is 0 Å². The van der Waals surface area contributed by atoms with Gasteiger partial charge in [-0.1, -0.05) is 24.3 Å². The van der Waals surface area contributed by atoms with Gasteiger partial charge in [0.05, 0.1) is 11.7 Å². The number of benzene rings is 1. The van der Waals surface area contributed by atoms with Gasteiger partial charge in [0.2, 0.25) is 0 Å². The van der Waals surface area contributed by atoms with Crippen molar-refractivity contribution in [3.63, 3.8) is 0 Å². The molecule has 3 heteroatoms. The van der Waals surface area contributed by atoms with E-state index in [9.17, 15) is 14.6 Å². The zero-order chi connectivity index (χ0) is 12.2. The van der Waals surface area contributed by atoms with Gasteiger partial charge in [-0.25, -0.2) is 4.39 Å². The van der Waals surface area contributed by atoms with Gasteiger partial charge in [-0.15, -0.1) is 0 Å². The number of aliphatic hydroxyl groups is 2. The lowest BCUT2D eigenvalue weighted by molar-refractivity contribution is 0.0130. The van der Waals surface area contributed by atoms with Crippen LogP contribution in [0.2, 0.25) is 0 Å². The summed E-state index contributed by atoms with van der Waals surface area (Å²) in [5.41, 5.74) is -0.565. The summed E-state index contributed by atoms with van der Waals surface area (Å²) in [6, 6.07) is 5.65. The summed E-state index contributed by atoms with van der Waals surface area (Å²) >= 11 is 0. The highest BCUT2D eigenvalue weighted by atomic mass is 19.1. The van der Waals surface area contributed by atoms with Crippen molar-refractivity contribution in [2.45, 2.75) is 32.0 Å². The zero-order valence-electron chi connectivity index (χ0n) is 9.52. The number of allylic oxidation sites excluding steroid dienone is 1. The maximum absolute atomic E-state index is 12.7. The number of halogens is 1. The number of hydrogen-bond acceptors (Lipinski definition) is 2. The van der Waals surface area contributed by atoms with Crippen molar-refractivity contribution in [1.29, 1.82) is 0 Å². The lowest BCUT2D eigenvalue weighted by atomic mass is 9.90. The van der Waals surface area contributed by atoms with Crippen molar-refractivity contribution in [2.24, 2.45) is 0 Å². The lowest BCUT2D eigenvalue weighted by Gasteiger charge is -2.25. The molecule has 0 spiro atoms. The Bertz CT molecular complexity index is 355. The van der Waals surface area contributed by atoms with Gasteiger partial charge in [0.15, 0.2) is 0 Å². The molecule has 0 fully saturated rings. The van der Waals surface area contributed by atoms with Crippen LogP contribution in [0.4, 0.5) is 4.39 Å². The summed E-state index contributed by atoms with van der Waals surface area (Å²) in [5, 5.41) is 19.7. The smallest absolute Gasteiger partial charge is 0.123 e. The molecule has 0 saturated heterocycles. The Hall–Kier alpha value is -1.19. The molecule has 2 atom stereocenters. The molecule has 2 N–H and O–H groups in total.